The Morgan fingerprint density at radius 1 is 1.09 bits per heavy atom. The number of piperidine rings is 1. The molecule has 1 aliphatic carbocycles. The molecule has 1 amide bonds. The number of amides is 1. The summed E-state index contributed by atoms with van der Waals surface area (Å²) in [5.74, 6) is 3.31. The van der Waals surface area contributed by atoms with Gasteiger partial charge in [-0.25, -0.2) is 4.98 Å². The number of carbonyl (C=O) groups excluding carboxylic acids is 1. The average Bonchev–Trinajstić information content (AvgIpc) is 3.31. The van der Waals surface area contributed by atoms with Crippen molar-refractivity contribution in [2.24, 2.45) is 16.8 Å². The van der Waals surface area contributed by atoms with Gasteiger partial charge in [0.25, 0.3) is 0 Å². The number of aliphatic imine (C=N–C) groups is 1. The summed E-state index contributed by atoms with van der Waals surface area (Å²) in [7, 11) is 1.80. The SMILES string of the molecule is CN=C(NCc1ccc(N2CCC(C)CC2)nc1)NC1CCN(C(=O)C2CCCCC2)C1.I. The lowest BCUT2D eigenvalue weighted by Gasteiger charge is -2.31. The number of halogens is 1. The van der Waals surface area contributed by atoms with Gasteiger partial charge in [0.05, 0.1) is 0 Å². The van der Waals surface area contributed by atoms with Gasteiger partial charge in [0.15, 0.2) is 5.96 Å². The van der Waals surface area contributed by atoms with E-state index in [0.29, 0.717) is 12.5 Å². The van der Waals surface area contributed by atoms with Crippen LogP contribution in [0.3, 0.4) is 0 Å². The Morgan fingerprint density at radius 2 is 1.85 bits per heavy atom. The summed E-state index contributed by atoms with van der Waals surface area (Å²) in [6, 6.07) is 4.55. The molecular weight excluding hydrogens is 527 g/mol. The van der Waals surface area contributed by atoms with Crippen LogP contribution in [0.15, 0.2) is 23.3 Å². The Balaban J connectivity index is 0.00000306. The van der Waals surface area contributed by atoms with Gasteiger partial charge in [-0.2, -0.15) is 0 Å². The van der Waals surface area contributed by atoms with Crippen molar-refractivity contribution in [3.05, 3.63) is 23.9 Å². The van der Waals surface area contributed by atoms with Crippen LogP contribution in [-0.2, 0) is 11.3 Å². The van der Waals surface area contributed by atoms with Crippen LogP contribution >= 0.6 is 24.0 Å². The fraction of sp³-hybridized carbons (Fsp3) is 0.720. The quantitative estimate of drug-likeness (QED) is 0.322. The second-order valence-electron chi connectivity index (χ2n) is 9.87. The number of aromatic nitrogens is 1. The smallest absolute Gasteiger partial charge is 0.225 e. The summed E-state index contributed by atoms with van der Waals surface area (Å²) < 4.78 is 0. The van der Waals surface area contributed by atoms with Crippen LogP contribution in [0.1, 0.15) is 63.9 Å². The van der Waals surface area contributed by atoms with E-state index in [2.05, 4.69) is 49.5 Å². The average molecular weight is 569 g/mol. The maximum Gasteiger partial charge on any atom is 0.225 e. The first-order valence-electron chi connectivity index (χ1n) is 12.6. The molecule has 3 heterocycles. The summed E-state index contributed by atoms with van der Waals surface area (Å²) >= 11 is 0. The first kappa shape index (κ1) is 26.0. The van der Waals surface area contributed by atoms with Gasteiger partial charge in [-0.1, -0.05) is 32.3 Å². The summed E-state index contributed by atoms with van der Waals surface area (Å²) in [5.41, 5.74) is 1.14. The van der Waals surface area contributed by atoms with Crippen LogP contribution < -0.4 is 15.5 Å². The molecular formula is C25H41IN6O. The maximum atomic E-state index is 12.8. The monoisotopic (exact) mass is 568 g/mol. The molecule has 1 aromatic rings. The van der Waals surface area contributed by atoms with Crippen molar-refractivity contribution in [1.82, 2.24) is 20.5 Å². The van der Waals surface area contributed by atoms with E-state index < -0.39 is 0 Å². The molecule has 3 aliphatic rings. The Bertz CT molecular complexity index is 772. The van der Waals surface area contributed by atoms with Gasteiger partial charge in [0.2, 0.25) is 5.91 Å². The number of pyridine rings is 1. The third-order valence-corrected chi connectivity index (χ3v) is 7.40. The van der Waals surface area contributed by atoms with Crippen molar-refractivity contribution in [3.63, 3.8) is 0 Å². The van der Waals surface area contributed by atoms with Crippen molar-refractivity contribution in [2.45, 2.75) is 70.9 Å². The zero-order valence-electron chi connectivity index (χ0n) is 20.3. The van der Waals surface area contributed by atoms with Gasteiger partial charge in [0, 0.05) is 57.9 Å². The first-order chi connectivity index (χ1) is 15.6. The van der Waals surface area contributed by atoms with Crippen LogP contribution in [0, 0.1) is 11.8 Å². The highest BCUT2D eigenvalue weighted by Crippen LogP contribution is 2.27. The van der Waals surface area contributed by atoms with Crippen molar-refractivity contribution in [2.75, 3.05) is 38.1 Å². The Morgan fingerprint density at radius 3 is 2.52 bits per heavy atom. The van der Waals surface area contributed by atoms with Gasteiger partial charge in [-0.3, -0.25) is 9.79 Å². The zero-order chi connectivity index (χ0) is 22.3. The number of likely N-dealkylation sites (tertiary alicyclic amines) is 1. The molecule has 1 atom stereocenters. The van der Waals surface area contributed by atoms with Gasteiger partial charge in [-0.15, -0.1) is 24.0 Å². The molecule has 2 N–H and O–H groups in total. The maximum absolute atomic E-state index is 12.8. The highest BCUT2D eigenvalue weighted by atomic mass is 127. The third kappa shape index (κ3) is 7.20. The van der Waals surface area contributed by atoms with E-state index in [1.165, 1.54) is 32.1 Å². The fourth-order valence-electron chi connectivity index (χ4n) is 5.21. The molecule has 0 bridgehead atoms. The third-order valence-electron chi connectivity index (χ3n) is 7.40. The molecule has 7 nitrogen and oxygen atoms in total. The van der Waals surface area contributed by atoms with Crippen molar-refractivity contribution in [3.8, 4) is 0 Å². The largest absolute Gasteiger partial charge is 0.357 e. The molecule has 4 rings (SSSR count). The highest BCUT2D eigenvalue weighted by molar-refractivity contribution is 14.0. The molecule has 2 aliphatic heterocycles. The van der Waals surface area contributed by atoms with E-state index in [4.69, 9.17) is 0 Å². The number of anilines is 1. The molecule has 0 radical (unpaired) electrons. The fourth-order valence-corrected chi connectivity index (χ4v) is 5.21. The molecule has 3 fully saturated rings. The van der Waals surface area contributed by atoms with Crippen LogP contribution in [-0.4, -0.2) is 61.0 Å². The number of nitrogens with zero attached hydrogens (tertiary/aromatic N) is 4. The number of guanidine groups is 1. The molecule has 184 valence electrons. The van der Waals surface area contributed by atoms with Crippen LogP contribution in [0.2, 0.25) is 0 Å². The first-order valence-corrected chi connectivity index (χ1v) is 12.6. The Kier molecular flexibility index (Phi) is 10.1. The van der Waals surface area contributed by atoms with Crippen LogP contribution in [0.5, 0.6) is 0 Å². The van der Waals surface area contributed by atoms with Gasteiger partial charge < -0.3 is 20.4 Å². The molecule has 0 aromatic carbocycles. The summed E-state index contributed by atoms with van der Waals surface area (Å²) in [4.78, 5) is 26.3. The standard InChI is InChI=1S/C25H40N6O.HI/c1-19-10-13-30(14-11-19)23-9-8-20(16-27-23)17-28-25(26-2)29-22-12-15-31(18-22)24(32)21-6-4-3-5-7-21;/h8-9,16,19,21-22H,3-7,10-15,17-18H2,1-2H3,(H2,26,28,29);1H. The van der Waals surface area contributed by atoms with Crippen molar-refractivity contribution < 1.29 is 4.79 Å². The Hall–Kier alpha value is -1.58. The number of hydrogen-bond acceptors (Lipinski definition) is 4. The van der Waals surface area contributed by atoms with Crippen molar-refractivity contribution in [1.29, 1.82) is 0 Å². The van der Waals surface area contributed by atoms with Gasteiger partial charge in [0.1, 0.15) is 5.82 Å². The minimum absolute atomic E-state index is 0. The molecule has 8 heteroatoms. The van der Waals surface area contributed by atoms with Crippen molar-refractivity contribution >= 4 is 41.7 Å². The van der Waals surface area contributed by atoms with E-state index in [9.17, 15) is 4.79 Å². The number of hydrogen-bond donors (Lipinski definition) is 2. The van der Waals surface area contributed by atoms with E-state index >= 15 is 0 Å². The highest BCUT2D eigenvalue weighted by Gasteiger charge is 2.31. The molecule has 1 unspecified atom stereocenters. The van der Waals surface area contributed by atoms with E-state index in [1.54, 1.807) is 7.05 Å². The summed E-state index contributed by atoms with van der Waals surface area (Å²) in [6.45, 7) is 6.85. The van der Waals surface area contributed by atoms with Crippen LogP contribution in [0.4, 0.5) is 5.82 Å². The molecule has 33 heavy (non-hydrogen) atoms. The minimum atomic E-state index is 0. The number of nitrogens with one attached hydrogen (secondary N) is 2. The lowest BCUT2D eigenvalue weighted by Crippen LogP contribution is -2.45. The lowest BCUT2D eigenvalue weighted by atomic mass is 9.88. The molecule has 0 spiro atoms. The van der Waals surface area contributed by atoms with E-state index in [-0.39, 0.29) is 35.9 Å². The van der Waals surface area contributed by atoms with Crippen LogP contribution in [0.25, 0.3) is 0 Å². The molecule has 1 aromatic heterocycles. The topological polar surface area (TPSA) is 72.9 Å². The second kappa shape index (κ2) is 12.8. The van der Waals surface area contributed by atoms with Gasteiger partial charge >= 0.3 is 0 Å². The predicted molar refractivity (Wildman–Crippen MR) is 145 cm³/mol. The minimum Gasteiger partial charge on any atom is -0.357 e. The summed E-state index contributed by atoms with van der Waals surface area (Å²) in [6.07, 6.45) is 11.3. The number of carbonyl (C=O) groups is 1. The molecule has 1 saturated carbocycles. The second-order valence-corrected chi connectivity index (χ2v) is 9.87. The van der Waals surface area contributed by atoms with E-state index in [0.717, 1.165) is 68.7 Å². The normalized spacial score (nSPS) is 22.7. The summed E-state index contributed by atoms with van der Waals surface area (Å²) in [5, 5.41) is 6.91. The lowest BCUT2D eigenvalue weighted by molar-refractivity contribution is -0.135. The van der Waals surface area contributed by atoms with Gasteiger partial charge in [-0.05, 0) is 49.7 Å². The Labute approximate surface area is 216 Å². The zero-order valence-corrected chi connectivity index (χ0v) is 22.6. The predicted octanol–water partition coefficient (Wildman–Crippen LogP) is 3.78. The molecule has 2 saturated heterocycles. The van der Waals surface area contributed by atoms with E-state index in [1.807, 2.05) is 6.20 Å². The number of rotatable bonds is 5.